The molecule has 0 spiro atoms. The molecule has 0 atom stereocenters. The summed E-state index contributed by atoms with van der Waals surface area (Å²) >= 11 is 10.4. The van der Waals surface area contributed by atoms with Crippen molar-refractivity contribution in [3.8, 4) is 0 Å². The Morgan fingerprint density at radius 2 is 0.943 bits per heavy atom. The molecule has 2 aromatic heterocycles. The minimum absolute atomic E-state index is 0.900. The van der Waals surface area contributed by atoms with Gasteiger partial charge in [0, 0.05) is 23.0 Å². The molecule has 0 saturated heterocycles. The zero-order chi connectivity index (χ0) is 24.3. The molecule has 2 heterocycles. The van der Waals surface area contributed by atoms with E-state index in [1.54, 1.807) is 69.7 Å². The van der Waals surface area contributed by atoms with Crippen LogP contribution in [0, 0.1) is 0 Å². The number of benzene rings is 2. The van der Waals surface area contributed by atoms with Crippen molar-refractivity contribution in [1.29, 1.82) is 0 Å². The zero-order valence-electron chi connectivity index (χ0n) is 19.0. The van der Waals surface area contributed by atoms with E-state index < -0.39 is 0 Å². The average molecular weight is 573 g/mol. The summed E-state index contributed by atoms with van der Waals surface area (Å²) in [5.74, 6) is 3.85. The van der Waals surface area contributed by atoms with Gasteiger partial charge in [0.2, 0.25) is 0 Å². The Kier molecular flexibility index (Phi) is 10.8. The third-order valence-electron chi connectivity index (χ3n) is 4.67. The Labute approximate surface area is 231 Å². The van der Waals surface area contributed by atoms with Gasteiger partial charge in [-0.15, -0.1) is 20.4 Å². The summed E-state index contributed by atoms with van der Waals surface area (Å²) in [5, 5.41) is 17.3. The monoisotopic (exact) mass is 572 g/mol. The second-order valence-corrected chi connectivity index (χ2v) is 14.3. The lowest BCUT2D eigenvalue weighted by molar-refractivity contribution is 0.950. The number of rotatable bonds is 14. The van der Waals surface area contributed by atoms with Crippen molar-refractivity contribution in [1.82, 2.24) is 20.4 Å². The van der Waals surface area contributed by atoms with Crippen LogP contribution in [-0.2, 0) is 11.5 Å². The quantitative estimate of drug-likeness (QED) is 0.110. The first-order valence-electron chi connectivity index (χ1n) is 10.8. The van der Waals surface area contributed by atoms with Gasteiger partial charge in [-0.05, 0) is 28.7 Å². The molecule has 4 aromatic rings. The van der Waals surface area contributed by atoms with E-state index >= 15 is 0 Å². The van der Waals surface area contributed by atoms with Gasteiger partial charge in [-0.3, -0.25) is 0 Å². The topological polar surface area (TPSA) is 51.6 Å². The fourth-order valence-electron chi connectivity index (χ4n) is 2.80. The van der Waals surface area contributed by atoms with Crippen LogP contribution in [0.25, 0.3) is 12.2 Å². The van der Waals surface area contributed by atoms with Crippen LogP contribution in [0.3, 0.4) is 0 Å². The minimum atomic E-state index is 0.900. The second-order valence-electron chi connectivity index (χ2n) is 7.19. The summed E-state index contributed by atoms with van der Waals surface area (Å²) < 4.78 is 4.11. The third kappa shape index (κ3) is 8.80. The van der Waals surface area contributed by atoms with E-state index in [-0.39, 0.29) is 0 Å². The molecule has 35 heavy (non-hydrogen) atoms. The minimum Gasteiger partial charge on any atom is -0.131 e. The van der Waals surface area contributed by atoms with E-state index in [0.717, 1.165) is 57.9 Å². The Morgan fingerprint density at radius 1 is 0.571 bits per heavy atom. The fourth-order valence-corrected chi connectivity index (χ4v) is 8.95. The normalized spacial score (nSPS) is 11.0. The van der Waals surface area contributed by atoms with Gasteiger partial charge in [0.25, 0.3) is 0 Å². The van der Waals surface area contributed by atoms with Crippen LogP contribution < -0.4 is 0 Å². The summed E-state index contributed by atoms with van der Waals surface area (Å²) in [6.07, 6.45) is 4.81. The predicted octanol–water partition coefficient (Wildman–Crippen LogP) is 8.53. The van der Waals surface area contributed by atoms with Gasteiger partial charge in [0.15, 0.2) is 17.4 Å². The first-order valence-corrected chi connectivity index (χ1v) is 16.4. The van der Waals surface area contributed by atoms with Crippen LogP contribution in [0.4, 0.5) is 0 Å². The summed E-state index contributed by atoms with van der Waals surface area (Å²) in [6, 6.07) is 16.9. The fraction of sp³-hybridized carbons (Fsp3) is 0.200. The predicted molar refractivity (Wildman–Crippen MR) is 158 cm³/mol. The van der Waals surface area contributed by atoms with Crippen molar-refractivity contribution >= 4 is 81.9 Å². The highest BCUT2D eigenvalue weighted by Gasteiger charge is 2.08. The molecule has 0 amide bonds. The SMILES string of the molecule is C=Cc1ccc(CSc2nnc(SCCCSc3nnc(SCc4ccc(C=C)cc4)s3)s2)cc1. The molecular formula is C25H24N4S6. The summed E-state index contributed by atoms with van der Waals surface area (Å²) in [5.41, 5.74) is 4.84. The van der Waals surface area contributed by atoms with Crippen LogP contribution in [0.5, 0.6) is 0 Å². The molecule has 4 nitrogen and oxygen atoms in total. The Balaban J connectivity index is 1.11. The number of thioether (sulfide) groups is 4. The summed E-state index contributed by atoms with van der Waals surface area (Å²) in [6.45, 7) is 7.59. The maximum atomic E-state index is 4.33. The highest BCUT2D eigenvalue weighted by atomic mass is 32.2. The Hall–Kier alpha value is -1.56. The van der Waals surface area contributed by atoms with Gasteiger partial charge in [-0.2, -0.15) is 0 Å². The van der Waals surface area contributed by atoms with E-state index in [0.29, 0.717) is 0 Å². The Morgan fingerprint density at radius 3 is 1.31 bits per heavy atom. The van der Waals surface area contributed by atoms with Crippen molar-refractivity contribution in [3.63, 3.8) is 0 Å². The molecule has 10 heteroatoms. The maximum Gasteiger partial charge on any atom is 0.175 e. The summed E-state index contributed by atoms with van der Waals surface area (Å²) in [4.78, 5) is 0. The molecule has 0 aliphatic carbocycles. The van der Waals surface area contributed by atoms with E-state index in [1.165, 1.54) is 11.1 Å². The highest BCUT2D eigenvalue weighted by Crippen LogP contribution is 2.33. The Bertz CT molecular complexity index is 1120. The third-order valence-corrected chi connectivity index (χ3v) is 11.4. The second kappa shape index (κ2) is 14.2. The van der Waals surface area contributed by atoms with Crippen LogP contribution in [-0.4, -0.2) is 31.9 Å². The number of hydrogen-bond acceptors (Lipinski definition) is 10. The molecule has 0 unspecified atom stereocenters. The largest absolute Gasteiger partial charge is 0.175 e. The number of hydrogen-bond donors (Lipinski definition) is 0. The van der Waals surface area contributed by atoms with Crippen molar-refractivity contribution in [2.75, 3.05) is 11.5 Å². The lowest BCUT2D eigenvalue weighted by Crippen LogP contribution is -1.84. The van der Waals surface area contributed by atoms with Gasteiger partial charge >= 0.3 is 0 Å². The first kappa shape index (κ1) is 26.5. The molecule has 0 aliphatic heterocycles. The van der Waals surface area contributed by atoms with Crippen molar-refractivity contribution in [2.24, 2.45) is 0 Å². The molecule has 0 fully saturated rings. The number of nitrogens with zero attached hydrogens (tertiary/aromatic N) is 4. The number of aromatic nitrogens is 4. The molecule has 0 radical (unpaired) electrons. The zero-order valence-corrected chi connectivity index (χ0v) is 23.9. The molecule has 0 saturated carbocycles. The molecule has 0 aliphatic rings. The van der Waals surface area contributed by atoms with E-state index in [4.69, 9.17) is 0 Å². The van der Waals surface area contributed by atoms with Crippen LogP contribution in [0.1, 0.15) is 28.7 Å². The molecule has 2 aromatic carbocycles. The maximum absolute atomic E-state index is 4.33. The van der Waals surface area contributed by atoms with Crippen LogP contribution in [0.2, 0.25) is 0 Å². The lowest BCUT2D eigenvalue weighted by atomic mass is 10.1. The lowest BCUT2D eigenvalue weighted by Gasteiger charge is -1.99. The standard InChI is InChI=1S/C25H24N4S6/c1-3-18-6-10-20(11-7-18)16-32-24-28-26-22(34-24)30-14-5-15-31-23-27-29-25(35-23)33-17-21-12-8-19(4-2)9-13-21/h3-4,6-13H,1-2,5,14-17H2. The van der Waals surface area contributed by atoms with E-state index in [9.17, 15) is 0 Å². The van der Waals surface area contributed by atoms with E-state index in [1.807, 2.05) is 12.2 Å². The van der Waals surface area contributed by atoms with Crippen molar-refractivity contribution in [2.45, 2.75) is 35.3 Å². The van der Waals surface area contributed by atoms with Gasteiger partial charge in [-0.1, -0.05) is 144 Å². The molecule has 0 bridgehead atoms. The van der Waals surface area contributed by atoms with Gasteiger partial charge in [0.05, 0.1) is 0 Å². The molecule has 0 N–H and O–H groups in total. The van der Waals surface area contributed by atoms with Crippen molar-refractivity contribution < 1.29 is 0 Å². The van der Waals surface area contributed by atoms with Crippen LogP contribution in [0.15, 0.2) is 79.0 Å². The highest BCUT2D eigenvalue weighted by molar-refractivity contribution is 8.03. The smallest absolute Gasteiger partial charge is 0.131 e. The molecule has 4 rings (SSSR count). The molecule has 180 valence electrons. The molecular weight excluding hydrogens is 549 g/mol. The van der Waals surface area contributed by atoms with Crippen molar-refractivity contribution in [3.05, 3.63) is 83.9 Å². The summed E-state index contributed by atoms with van der Waals surface area (Å²) in [7, 11) is 0. The van der Waals surface area contributed by atoms with E-state index in [2.05, 4.69) is 82.1 Å². The average Bonchev–Trinajstić information content (AvgIpc) is 3.56. The van der Waals surface area contributed by atoms with Gasteiger partial charge in [0.1, 0.15) is 0 Å². The van der Waals surface area contributed by atoms with Crippen LogP contribution >= 0.6 is 69.7 Å². The first-order chi connectivity index (χ1) is 17.2. The van der Waals surface area contributed by atoms with Gasteiger partial charge in [-0.25, -0.2) is 0 Å². The van der Waals surface area contributed by atoms with Gasteiger partial charge < -0.3 is 0 Å².